The van der Waals surface area contributed by atoms with E-state index in [1.54, 1.807) is 0 Å². The summed E-state index contributed by atoms with van der Waals surface area (Å²) >= 11 is 0. The molecule has 3 aliphatic rings. The Labute approximate surface area is 181 Å². The van der Waals surface area contributed by atoms with Crippen LogP contribution in [-0.4, -0.2) is 5.54 Å². The average molecular weight is 396 g/mol. The largest absolute Gasteiger partial charge is 0.290 e. The van der Waals surface area contributed by atoms with Crippen LogP contribution in [0.1, 0.15) is 63.5 Å². The van der Waals surface area contributed by atoms with Crippen molar-refractivity contribution >= 4 is 0 Å². The molecule has 2 aliphatic carbocycles. The second-order valence-corrected chi connectivity index (χ2v) is 9.50. The minimum Gasteiger partial charge on any atom is -0.290 e. The van der Waals surface area contributed by atoms with Crippen LogP contribution in [0.3, 0.4) is 0 Å². The Morgan fingerprint density at radius 2 is 1.63 bits per heavy atom. The molecular weight excluding hydrogens is 362 g/mol. The van der Waals surface area contributed by atoms with Gasteiger partial charge in [0.25, 0.3) is 0 Å². The van der Waals surface area contributed by atoms with E-state index in [-0.39, 0.29) is 16.5 Å². The SMILES string of the molecule is C=CCCC1=CC2(C=C1)NC1(c3ccccc3-c3ccccc31)C2(C)CCCCC. The Kier molecular flexibility index (Phi) is 4.63. The zero-order valence-corrected chi connectivity index (χ0v) is 18.4. The molecule has 30 heavy (non-hydrogen) atoms. The van der Waals surface area contributed by atoms with Crippen LogP contribution in [0.25, 0.3) is 11.1 Å². The molecule has 1 heterocycles. The van der Waals surface area contributed by atoms with Crippen LogP contribution in [0, 0.1) is 5.41 Å². The Morgan fingerprint density at radius 3 is 2.27 bits per heavy atom. The molecule has 0 amide bonds. The van der Waals surface area contributed by atoms with Gasteiger partial charge in [-0.05, 0) is 47.1 Å². The lowest BCUT2D eigenvalue weighted by molar-refractivity contribution is -0.0654. The van der Waals surface area contributed by atoms with Crippen LogP contribution in [-0.2, 0) is 5.54 Å². The van der Waals surface area contributed by atoms with Crippen molar-refractivity contribution < 1.29 is 0 Å². The van der Waals surface area contributed by atoms with E-state index < -0.39 is 0 Å². The van der Waals surface area contributed by atoms with Gasteiger partial charge < -0.3 is 0 Å². The molecule has 154 valence electrons. The number of unbranched alkanes of at least 4 members (excludes halogenated alkanes) is 2. The topological polar surface area (TPSA) is 12.0 Å². The zero-order chi connectivity index (χ0) is 20.8. The summed E-state index contributed by atoms with van der Waals surface area (Å²) in [5.74, 6) is 0. The fraction of sp³-hybridized carbons (Fsp3) is 0.379. The Bertz CT molecular complexity index is 996. The second kappa shape index (κ2) is 7.10. The summed E-state index contributed by atoms with van der Waals surface area (Å²) in [5.41, 5.74) is 7.05. The summed E-state index contributed by atoms with van der Waals surface area (Å²) in [7, 11) is 0. The van der Waals surface area contributed by atoms with Gasteiger partial charge in [0, 0.05) is 5.41 Å². The third-order valence-electron chi connectivity index (χ3n) is 7.98. The molecular formula is C29H33N. The number of hydrogen-bond donors (Lipinski definition) is 1. The predicted octanol–water partition coefficient (Wildman–Crippen LogP) is 7.30. The summed E-state index contributed by atoms with van der Waals surface area (Å²) < 4.78 is 0. The highest BCUT2D eigenvalue weighted by atomic mass is 15.2. The molecule has 0 saturated carbocycles. The van der Waals surface area contributed by atoms with E-state index in [9.17, 15) is 0 Å². The first-order chi connectivity index (χ1) is 14.6. The molecule has 2 atom stereocenters. The molecule has 1 heteroatoms. The van der Waals surface area contributed by atoms with Crippen LogP contribution in [0.5, 0.6) is 0 Å². The van der Waals surface area contributed by atoms with Gasteiger partial charge in [0.1, 0.15) is 0 Å². The van der Waals surface area contributed by atoms with Crippen LogP contribution in [0.4, 0.5) is 0 Å². The monoisotopic (exact) mass is 395 g/mol. The maximum atomic E-state index is 4.18. The van der Waals surface area contributed by atoms with Crippen LogP contribution < -0.4 is 5.32 Å². The normalized spacial score (nSPS) is 27.1. The third kappa shape index (κ3) is 2.39. The molecule has 2 unspecified atom stereocenters. The summed E-state index contributed by atoms with van der Waals surface area (Å²) in [6.45, 7) is 8.75. The van der Waals surface area contributed by atoms with Gasteiger partial charge in [0.15, 0.2) is 0 Å². The van der Waals surface area contributed by atoms with Crippen molar-refractivity contribution in [3.63, 3.8) is 0 Å². The van der Waals surface area contributed by atoms with E-state index >= 15 is 0 Å². The molecule has 1 fully saturated rings. The van der Waals surface area contributed by atoms with Gasteiger partial charge in [0.05, 0.1) is 11.1 Å². The first-order valence-electron chi connectivity index (χ1n) is 11.6. The number of hydrogen-bond acceptors (Lipinski definition) is 1. The molecule has 0 aromatic heterocycles. The molecule has 5 rings (SSSR count). The molecule has 0 bridgehead atoms. The highest BCUT2D eigenvalue weighted by molar-refractivity contribution is 5.83. The van der Waals surface area contributed by atoms with Crippen LogP contribution in [0.2, 0.25) is 0 Å². The lowest BCUT2D eigenvalue weighted by Gasteiger charge is -2.69. The second-order valence-electron chi connectivity index (χ2n) is 9.50. The maximum Gasteiger partial charge on any atom is 0.0790 e. The molecule has 2 spiro atoms. The van der Waals surface area contributed by atoms with E-state index in [0.29, 0.717) is 0 Å². The van der Waals surface area contributed by atoms with E-state index in [0.717, 1.165) is 12.8 Å². The zero-order valence-electron chi connectivity index (χ0n) is 18.4. The van der Waals surface area contributed by atoms with Gasteiger partial charge in [-0.1, -0.05) is 106 Å². The highest BCUT2D eigenvalue weighted by Crippen LogP contribution is 2.69. The molecule has 2 aromatic carbocycles. The fourth-order valence-electron chi connectivity index (χ4n) is 6.39. The predicted molar refractivity (Wildman–Crippen MR) is 127 cm³/mol. The summed E-state index contributed by atoms with van der Waals surface area (Å²) in [5, 5.41) is 4.18. The molecule has 2 aromatic rings. The Hall–Kier alpha value is -2.38. The molecule has 0 radical (unpaired) electrons. The summed E-state index contributed by atoms with van der Waals surface area (Å²) in [6.07, 6.45) is 16.5. The molecule has 1 nitrogen and oxygen atoms in total. The van der Waals surface area contributed by atoms with Crippen molar-refractivity contribution in [2.24, 2.45) is 5.41 Å². The van der Waals surface area contributed by atoms with Gasteiger partial charge in [-0.2, -0.15) is 0 Å². The van der Waals surface area contributed by atoms with Gasteiger partial charge in [-0.15, -0.1) is 6.58 Å². The van der Waals surface area contributed by atoms with E-state index in [4.69, 9.17) is 0 Å². The van der Waals surface area contributed by atoms with Gasteiger partial charge in [0.2, 0.25) is 0 Å². The lowest BCUT2D eigenvalue weighted by atomic mass is 9.46. The number of nitrogens with one attached hydrogen (secondary N) is 1. The first-order valence-corrected chi connectivity index (χ1v) is 11.6. The van der Waals surface area contributed by atoms with E-state index in [1.165, 1.54) is 53.5 Å². The van der Waals surface area contributed by atoms with Crippen LogP contribution >= 0.6 is 0 Å². The van der Waals surface area contributed by atoms with Crippen LogP contribution in [0.15, 0.2) is 85.0 Å². The Balaban J connectivity index is 1.65. The number of benzene rings is 2. The van der Waals surface area contributed by atoms with Crippen molar-refractivity contribution in [2.45, 2.75) is 63.5 Å². The lowest BCUT2D eigenvalue weighted by Crippen LogP contribution is -2.81. The van der Waals surface area contributed by atoms with Gasteiger partial charge in [-0.25, -0.2) is 0 Å². The van der Waals surface area contributed by atoms with Crippen molar-refractivity contribution in [2.75, 3.05) is 0 Å². The smallest absolute Gasteiger partial charge is 0.0790 e. The average Bonchev–Trinajstić information content (AvgIpc) is 3.34. The third-order valence-corrected chi connectivity index (χ3v) is 7.98. The van der Waals surface area contributed by atoms with Gasteiger partial charge in [-0.3, -0.25) is 5.32 Å². The van der Waals surface area contributed by atoms with Crippen molar-refractivity contribution in [3.05, 3.63) is 96.1 Å². The van der Waals surface area contributed by atoms with Crippen molar-refractivity contribution in [1.29, 1.82) is 0 Å². The molecule has 1 aliphatic heterocycles. The van der Waals surface area contributed by atoms with Crippen molar-refractivity contribution in [3.8, 4) is 11.1 Å². The molecule has 1 saturated heterocycles. The van der Waals surface area contributed by atoms with E-state index in [2.05, 4.69) is 92.5 Å². The minimum absolute atomic E-state index is 0.0677. The number of allylic oxidation sites excluding steroid dienone is 3. The molecule has 1 N–H and O–H groups in total. The number of rotatable bonds is 7. The number of fused-ring (bicyclic) bond motifs is 5. The highest BCUT2D eigenvalue weighted by Gasteiger charge is 2.72. The standard InChI is InChI=1S/C29H33N/c1-4-6-12-19-27(3)28(20-18-22(21-28)13-7-5-2)30-29(27)25-16-10-8-14-23(25)24-15-9-11-17-26(24)29/h5,8-11,14-18,20-21,30H,2,4,6-7,12-13,19H2,1,3H3. The Morgan fingerprint density at radius 1 is 0.967 bits per heavy atom. The van der Waals surface area contributed by atoms with Gasteiger partial charge >= 0.3 is 0 Å². The summed E-state index contributed by atoms with van der Waals surface area (Å²) in [6, 6.07) is 18.1. The van der Waals surface area contributed by atoms with E-state index in [1.807, 2.05) is 6.08 Å². The fourth-order valence-corrected chi connectivity index (χ4v) is 6.39. The summed E-state index contributed by atoms with van der Waals surface area (Å²) in [4.78, 5) is 0. The quantitative estimate of drug-likeness (QED) is 0.383. The van der Waals surface area contributed by atoms with Crippen molar-refractivity contribution in [1.82, 2.24) is 5.32 Å². The minimum atomic E-state index is -0.122. The first kappa shape index (κ1) is 19.6. The maximum absolute atomic E-state index is 4.18.